The summed E-state index contributed by atoms with van der Waals surface area (Å²) in [6, 6.07) is 16.4. The molecule has 4 amide bonds. The second kappa shape index (κ2) is 27.6. The molecule has 0 radical (unpaired) electrons. The second-order valence-corrected chi connectivity index (χ2v) is 26.8. The van der Waals surface area contributed by atoms with E-state index in [4.69, 9.17) is 67.8 Å². The summed E-state index contributed by atoms with van der Waals surface area (Å²) in [6.45, 7) is 20.3. The van der Waals surface area contributed by atoms with Crippen LogP contribution in [0.5, 0.6) is 0 Å². The van der Waals surface area contributed by atoms with Gasteiger partial charge in [-0.15, -0.1) is 0 Å². The van der Waals surface area contributed by atoms with E-state index < -0.39 is 94.8 Å². The Morgan fingerprint density at radius 2 is 0.573 bits per heavy atom. The Balaban J connectivity index is 1.31. The van der Waals surface area contributed by atoms with Gasteiger partial charge in [-0.25, -0.2) is 68.3 Å². The summed E-state index contributed by atoms with van der Waals surface area (Å²) in [5, 5.41) is 12.6. The third-order valence-electron chi connectivity index (χ3n) is 14.6. The van der Waals surface area contributed by atoms with Gasteiger partial charge >= 0.3 is 48.3 Å². The highest BCUT2D eigenvalue weighted by atomic mass is 16.6. The topological polar surface area (TPSA) is 367 Å². The highest BCUT2D eigenvalue weighted by Gasteiger charge is 2.32. The Morgan fingerprint density at radius 1 is 0.333 bits per heavy atom. The number of H-pyrrole nitrogens is 2. The molecule has 6 N–H and O–H groups in total. The number of benzene rings is 4. The highest BCUT2D eigenvalue weighted by molar-refractivity contribution is 6.07. The van der Waals surface area contributed by atoms with Crippen LogP contribution < -0.4 is 21.3 Å². The van der Waals surface area contributed by atoms with E-state index in [1.165, 1.54) is 28.4 Å². The zero-order chi connectivity index (χ0) is 69.9. The lowest BCUT2D eigenvalue weighted by molar-refractivity contribution is -0.143. The molecule has 0 spiro atoms. The van der Waals surface area contributed by atoms with Crippen LogP contribution in [-0.2, 0) is 82.8 Å². The normalized spacial score (nSPS) is 13.3. The van der Waals surface area contributed by atoms with Crippen LogP contribution in [-0.4, -0.2) is 163 Å². The monoisotopic (exact) mass is 1320 g/mol. The minimum Gasteiger partial charge on any atom is -0.467 e. The second-order valence-electron chi connectivity index (χ2n) is 26.8. The summed E-state index contributed by atoms with van der Waals surface area (Å²) in [6.07, 6.45) is -3.62. The van der Waals surface area contributed by atoms with Gasteiger partial charge < -0.3 is 69.1 Å². The van der Waals surface area contributed by atoms with Gasteiger partial charge in [0.05, 0.1) is 28.4 Å². The van der Waals surface area contributed by atoms with Crippen LogP contribution in [0.1, 0.15) is 105 Å². The number of rotatable bonds is 16. The van der Waals surface area contributed by atoms with E-state index in [1.807, 2.05) is 0 Å². The minimum atomic E-state index is -1.21. The van der Waals surface area contributed by atoms with Crippen molar-refractivity contribution in [3.8, 4) is 45.6 Å². The fourth-order valence-corrected chi connectivity index (χ4v) is 10.6. The number of fused-ring (bicyclic) bond motifs is 20. The van der Waals surface area contributed by atoms with Crippen LogP contribution in [0.25, 0.3) is 89.7 Å². The molecule has 506 valence electrons. The van der Waals surface area contributed by atoms with Crippen LogP contribution in [0, 0.1) is 0 Å². The van der Waals surface area contributed by atoms with Gasteiger partial charge in [-0.2, -0.15) is 0 Å². The summed E-state index contributed by atoms with van der Waals surface area (Å²) in [5.74, 6) is -2.33. The molecule has 4 aromatic carbocycles. The molecule has 4 unspecified atom stereocenters. The van der Waals surface area contributed by atoms with Crippen LogP contribution in [0.3, 0.4) is 0 Å². The van der Waals surface area contributed by atoms with E-state index in [2.05, 4.69) is 31.2 Å². The summed E-state index contributed by atoms with van der Waals surface area (Å²) < 4.78 is 42.6. The predicted octanol–water partition coefficient (Wildman–Crippen LogP) is 9.30. The fourth-order valence-electron chi connectivity index (χ4n) is 10.6. The average molecular weight is 1320 g/mol. The van der Waals surface area contributed by atoms with E-state index in [1.54, 1.807) is 156 Å². The Kier molecular flexibility index (Phi) is 20.0. The molecule has 9 rings (SSSR count). The molecule has 0 aliphatic carbocycles. The van der Waals surface area contributed by atoms with Gasteiger partial charge in [-0.05, 0) is 130 Å². The third-order valence-corrected chi connectivity index (χ3v) is 14.6. The maximum Gasteiger partial charge on any atom is 0.408 e. The first-order chi connectivity index (χ1) is 45.1. The van der Waals surface area contributed by atoms with Gasteiger partial charge in [-0.3, -0.25) is 0 Å². The highest BCUT2D eigenvalue weighted by Crippen LogP contribution is 2.39. The van der Waals surface area contributed by atoms with E-state index in [9.17, 15) is 38.4 Å². The van der Waals surface area contributed by atoms with Gasteiger partial charge in [0, 0.05) is 69.5 Å². The van der Waals surface area contributed by atoms with Crippen LogP contribution in [0.15, 0.2) is 72.8 Å². The first kappa shape index (κ1) is 69.5. The first-order valence-electron chi connectivity index (χ1n) is 30.7. The van der Waals surface area contributed by atoms with E-state index in [0.717, 1.165) is 0 Å². The van der Waals surface area contributed by atoms with Crippen LogP contribution in [0.4, 0.5) is 19.2 Å². The van der Waals surface area contributed by atoms with E-state index in [-0.39, 0.29) is 71.6 Å². The molecule has 2 aliphatic heterocycles. The number of amides is 4. The molecular weight excluding hydrogens is 1240 g/mol. The summed E-state index contributed by atoms with van der Waals surface area (Å²) in [5.41, 5.74) is 1.52. The summed E-state index contributed by atoms with van der Waals surface area (Å²) in [7, 11) is 4.83. The Bertz CT molecular complexity index is 4420. The van der Waals surface area contributed by atoms with Gasteiger partial charge in [-0.1, -0.05) is 48.5 Å². The maximum atomic E-state index is 13.4. The zero-order valence-electron chi connectivity index (χ0n) is 56.3. The number of methoxy groups -OCH3 is 4. The number of carbonyl (C=O) groups is 8. The van der Waals surface area contributed by atoms with Crippen molar-refractivity contribution >= 4 is 92.4 Å². The Hall–Kier alpha value is -10.8. The molecule has 8 bridgehead atoms. The largest absolute Gasteiger partial charge is 0.467 e. The lowest BCUT2D eigenvalue weighted by atomic mass is 9.99. The van der Waals surface area contributed by atoms with Gasteiger partial charge in [0.15, 0.2) is 23.3 Å². The van der Waals surface area contributed by atoms with Crippen molar-refractivity contribution in [2.24, 2.45) is 0 Å². The van der Waals surface area contributed by atoms with Crippen molar-refractivity contribution in [1.82, 2.24) is 61.1 Å². The molecule has 0 saturated heterocycles. The molecule has 28 nitrogen and oxygen atoms in total. The molecule has 0 fully saturated rings. The zero-order valence-corrected chi connectivity index (χ0v) is 56.3. The number of alkyl carbamates (subject to hydrolysis) is 4. The molecule has 7 aromatic rings. The van der Waals surface area contributed by atoms with Crippen molar-refractivity contribution in [3.05, 3.63) is 95.1 Å². The van der Waals surface area contributed by atoms with Crippen molar-refractivity contribution in [3.63, 3.8) is 0 Å². The molecule has 28 heteroatoms. The Labute approximate surface area is 552 Å². The lowest BCUT2D eigenvalue weighted by Crippen LogP contribution is -2.45. The van der Waals surface area contributed by atoms with Crippen molar-refractivity contribution in [2.75, 3.05) is 28.4 Å². The number of hydrogen-bond donors (Lipinski definition) is 6. The first-order valence-corrected chi connectivity index (χ1v) is 30.7. The molecule has 2 aliphatic rings. The minimum absolute atomic E-state index is 0.0543. The van der Waals surface area contributed by atoms with Crippen LogP contribution >= 0.6 is 0 Å². The van der Waals surface area contributed by atoms with Crippen molar-refractivity contribution in [1.29, 1.82) is 0 Å². The molecular formula is C68H78N12O16. The molecule has 3 aromatic heterocycles. The lowest BCUT2D eigenvalue weighted by Gasteiger charge is -2.22. The number of esters is 4. The average Bonchev–Trinajstić information content (AvgIpc) is 1.60. The quantitative estimate of drug-likeness (QED) is 0.0387. The fraction of sp³-hybridized carbons (Fsp3) is 0.412. The summed E-state index contributed by atoms with van der Waals surface area (Å²) >= 11 is 0. The number of carbonyl (C=O) groups excluding carboxylic acids is 8. The van der Waals surface area contributed by atoms with Gasteiger partial charge in [0.1, 0.15) is 69.2 Å². The molecule has 96 heavy (non-hydrogen) atoms. The molecule has 5 heterocycles. The smallest absolute Gasteiger partial charge is 0.408 e. The molecule has 4 atom stereocenters. The Morgan fingerprint density at radius 3 is 0.833 bits per heavy atom. The number of nitrogens with zero attached hydrogens (tertiary/aromatic N) is 6. The number of nitrogens with one attached hydrogen (secondary N) is 6. The SMILES string of the molecule is COC(=O)C(Cc1ccc2c(c1)-c1nc-2nc2[nH]c(nc3nc(nc4[nH]c(n1)c1ccc(CC(NC(=O)OC(C)(C)C)C(=O)OC)cc41)-c1cc(CC(NC(=O)OC(C)(C)C)C(=O)OC)ccc1-3)c1cc(CC(NC(=O)OC(C)(C)C)C(=O)OC)ccc21)NC(=O)OC(C)(C)C. The third kappa shape index (κ3) is 17.1. The van der Waals surface area contributed by atoms with Crippen molar-refractivity contribution in [2.45, 2.75) is 155 Å². The van der Waals surface area contributed by atoms with Gasteiger partial charge in [0.2, 0.25) is 0 Å². The maximum absolute atomic E-state index is 13.4. The van der Waals surface area contributed by atoms with Crippen molar-refractivity contribution < 1.29 is 76.3 Å². The number of aromatic amines is 2. The summed E-state index contributed by atoms with van der Waals surface area (Å²) in [4.78, 5) is 144. The number of aromatic nitrogens is 8. The molecule has 0 saturated carbocycles. The predicted molar refractivity (Wildman–Crippen MR) is 352 cm³/mol. The van der Waals surface area contributed by atoms with E-state index in [0.29, 0.717) is 66.1 Å². The van der Waals surface area contributed by atoms with Crippen LogP contribution in [0.2, 0.25) is 0 Å². The van der Waals surface area contributed by atoms with E-state index >= 15 is 0 Å². The number of ether oxygens (including phenoxy) is 8. The van der Waals surface area contributed by atoms with Gasteiger partial charge in [0.25, 0.3) is 0 Å². The standard InChI is InChI=1S/C68H78N12O16/c1-65(2,3)93-61(85)69-45(57(81)89-13)29-33-17-21-37-41(25-33)53-74-49(37)73-50-38-22-18-34(30-46(58(82)90-14)70-62(86)94-66(4,5)6)26-42(38)54(75-50)77-52-40-24-20-36(32-48(60(84)92-16)72-64(88)96-68(10,11)12)28-44(40)56(79-52)80-55-43-27-35(19-23-39(43)51(76-53)78-55)31-47(59(83)91-15)71-63(87)95-67(7,8)9/h17-28,45-48H,29-32H2,1-16H3,(H,69,85)(H,70,86)(H,71,87)(H,72,88)(H2,73,74,75,76,77,78,79,80). The number of hydrogen-bond acceptors (Lipinski definition) is 22.